The van der Waals surface area contributed by atoms with Gasteiger partial charge < -0.3 is 10.6 Å². The smallest absolute Gasteiger partial charge is 0.0456 e. The number of thioether (sulfide) groups is 1. The third-order valence-electron chi connectivity index (χ3n) is 5.29. The molecule has 3 nitrogen and oxygen atoms in total. The van der Waals surface area contributed by atoms with Crippen LogP contribution in [0.25, 0.3) is 0 Å². The standard InChI is InChI=1S/C17H27N3S/c1-14-4-3-5-16(12-14)19-7-9-20(10-8-19)17(13-18)6-11-21-15(17)2/h3-5,12,15H,6-11,13,18H2,1-2H3. The molecule has 2 N–H and O–H groups in total. The van der Waals surface area contributed by atoms with Crippen LogP contribution >= 0.6 is 11.8 Å². The number of aryl methyl sites for hydroxylation is 1. The highest BCUT2D eigenvalue weighted by Crippen LogP contribution is 2.40. The Kier molecular flexibility index (Phi) is 4.48. The highest BCUT2D eigenvalue weighted by atomic mass is 32.2. The van der Waals surface area contributed by atoms with E-state index < -0.39 is 0 Å². The molecule has 0 aliphatic carbocycles. The first-order valence-corrected chi connectivity index (χ1v) is 9.09. The zero-order valence-corrected chi connectivity index (χ0v) is 14.0. The number of rotatable bonds is 3. The van der Waals surface area contributed by atoms with Crippen LogP contribution in [0, 0.1) is 6.92 Å². The van der Waals surface area contributed by atoms with Gasteiger partial charge in [-0.3, -0.25) is 4.90 Å². The van der Waals surface area contributed by atoms with Crippen LogP contribution in [-0.2, 0) is 0 Å². The van der Waals surface area contributed by atoms with Crippen molar-refractivity contribution in [1.29, 1.82) is 0 Å². The summed E-state index contributed by atoms with van der Waals surface area (Å²) in [6.45, 7) is 9.82. The molecule has 1 aromatic rings. The van der Waals surface area contributed by atoms with E-state index in [0.717, 1.165) is 32.7 Å². The fraction of sp³-hybridized carbons (Fsp3) is 0.647. The third kappa shape index (κ3) is 2.81. The Labute approximate surface area is 132 Å². The largest absolute Gasteiger partial charge is 0.369 e. The van der Waals surface area contributed by atoms with E-state index in [2.05, 4.69) is 59.7 Å². The second-order valence-corrected chi connectivity index (χ2v) is 7.83. The Morgan fingerprint density at radius 1 is 1.29 bits per heavy atom. The van der Waals surface area contributed by atoms with E-state index in [9.17, 15) is 0 Å². The van der Waals surface area contributed by atoms with Gasteiger partial charge >= 0.3 is 0 Å². The van der Waals surface area contributed by atoms with Gasteiger partial charge in [0, 0.05) is 49.2 Å². The van der Waals surface area contributed by atoms with Gasteiger partial charge in [0.25, 0.3) is 0 Å². The maximum absolute atomic E-state index is 6.19. The predicted octanol–water partition coefficient (Wildman–Crippen LogP) is 2.34. The molecule has 2 aliphatic heterocycles. The zero-order valence-electron chi connectivity index (χ0n) is 13.2. The SMILES string of the molecule is Cc1cccc(N2CCN(C3(CN)CCSC3C)CC2)c1. The van der Waals surface area contributed by atoms with Gasteiger partial charge in [0.1, 0.15) is 0 Å². The molecule has 21 heavy (non-hydrogen) atoms. The first-order chi connectivity index (χ1) is 10.2. The van der Waals surface area contributed by atoms with Crippen molar-refractivity contribution in [1.82, 2.24) is 4.90 Å². The molecule has 0 saturated carbocycles. The summed E-state index contributed by atoms with van der Waals surface area (Å²) in [4.78, 5) is 5.18. The van der Waals surface area contributed by atoms with Crippen molar-refractivity contribution in [2.75, 3.05) is 43.4 Å². The predicted molar refractivity (Wildman–Crippen MR) is 93.3 cm³/mol. The Morgan fingerprint density at radius 3 is 2.62 bits per heavy atom. The van der Waals surface area contributed by atoms with Crippen LogP contribution in [0.5, 0.6) is 0 Å². The Balaban J connectivity index is 1.67. The van der Waals surface area contributed by atoms with Crippen LogP contribution in [0.2, 0.25) is 0 Å². The summed E-state index contributed by atoms with van der Waals surface area (Å²) in [5.74, 6) is 1.26. The monoisotopic (exact) mass is 305 g/mol. The lowest BCUT2D eigenvalue weighted by Crippen LogP contribution is -2.62. The summed E-state index contributed by atoms with van der Waals surface area (Å²) in [7, 11) is 0. The summed E-state index contributed by atoms with van der Waals surface area (Å²) < 4.78 is 0. The molecule has 2 aliphatic rings. The second-order valence-electron chi connectivity index (χ2n) is 6.38. The first-order valence-electron chi connectivity index (χ1n) is 8.04. The van der Waals surface area contributed by atoms with Crippen molar-refractivity contribution in [3.05, 3.63) is 29.8 Å². The lowest BCUT2D eigenvalue weighted by Gasteiger charge is -2.48. The minimum absolute atomic E-state index is 0.239. The van der Waals surface area contributed by atoms with Crippen LogP contribution in [-0.4, -0.2) is 54.2 Å². The molecule has 2 atom stereocenters. The molecule has 0 bridgehead atoms. The van der Waals surface area contributed by atoms with Gasteiger partial charge in [0.15, 0.2) is 0 Å². The molecule has 0 aromatic heterocycles. The zero-order chi connectivity index (χ0) is 14.9. The van der Waals surface area contributed by atoms with E-state index in [1.807, 2.05) is 0 Å². The molecule has 116 valence electrons. The minimum atomic E-state index is 0.239. The van der Waals surface area contributed by atoms with Crippen LogP contribution in [0.15, 0.2) is 24.3 Å². The van der Waals surface area contributed by atoms with Gasteiger partial charge in [-0.15, -0.1) is 0 Å². The second kappa shape index (κ2) is 6.19. The molecule has 3 rings (SSSR count). The van der Waals surface area contributed by atoms with Gasteiger partial charge in [0.2, 0.25) is 0 Å². The Bertz CT molecular complexity index is 485. The van der Waals surface area contributed by atoms with E-state index in [-0.39, 0.29) is 5.54 Å². The van der Waals surface area contributed by atoms with Crippen LogP contribution in [0.4, 0.5) is 5.69 Å². The maximum Gasteiger partial charge on any atom is 0.0456 e. The fourth-order valence-electron chi connectivity index (χ4n) is 3.82. The Morgan fingerprint density at radius 2 is 2.05 bits per heavy atom. The summed E-state index contributed by atoms with van der Waals surface area (Å²) in [5, 5.41) is 0.660. The van der Waals surface area contributed by atoms with E-state index in [1.165, 1.54) is 23.4 Å². The number of benzene rings is 1. The van der Waals surface area contributed by atoms with Crippen molar-refractivity contribution in [3.63, 3.8) is 0 Å². The third-order valence-corrected chi connectivity index (χ3v) is 6.67. The molecule has 2 unspecified atom stereocenters. The summed E-state index contributed by atoms with van der Waals surface area (Å²) >= 11 is 2.09. The average Bonchev–Trinajstić information content (AvgIpc) is 2.89. The molecule has 0 amide bonds. The molecular formula is C17H27N3S. The summed E-state index contributed by atoms with van der Waals surface area (Å²) in [5.41, 5.74) is 9.13. The molecule has 0 radical (unpaired) electrons. The molecule has 1 aromatic carbocycles. The van der Waals surface area contributed by atoms with Crippen LogP contribution in [0.1, 0.15) is 18.9 Å². The van der Waals surface area contributed by atoms with E-state index in [0.29, 0.717) is 5.25 Å². The highest BCUT2D eigenvalue weighted by Gasteiger charge is 2.45. The van der Waals surface area contributed by atoms with Crippen LogP contribution < -0.4 is 10.6 Å². The van der Waals surface area contributed by atoms with Crippen molar-refractivity contribution >= 4 is 17.4 Å². The van der Waals surface area contributed by atoms with Crippen molar-refractivity contribution in [2.24, 2.45) is 5.73 Å². The first kappa shape index (κ1) is 15.2. The van der Waals surface area contributed by atoms with Gasteiger partial charge in [0.05, 0.1) is 0 Å². The molecule has 4 heteroatoms. The van der Waals surface area contributed by atoms with Gasteiger partial charge in [-0.25, -0.2) is 0 Å². The number of nitrogens with two attached hydrogens (primary N) is 1. The maximum atomic E-state index is 6.19. The van der Waals surface area contributed by atoms with Crippen molar-refractivity contribution in [2.45, 2.75) is 31.1 Å². The number of hydrogen-bond donors (Lipinski definition) is 1. The number of hydrogen-bond acceptors (Lipinski definition) is 4. The van der Waals surface area contributed by atoms with Gasteiger partial charge in [-0.05, 0) is 36.8 Å². The highest BCUT2D eigenvalue weighted by molar-refractivity contribution is 8.00. The lowest BCUT2D eigenvalue weighted by molar-refractivity contribution is 0.0904. The van der Waals surface area contributed by atoms with Crippen molar-refractivity contribution in [3.8, 4) is 0 Å². The number of piperazine rings is 1. The quantitative estimate of drug-likeness (QED) is 0.929. The normalized spacial score (nSPS) is 30.8. The van der Waals surface area contributed by atoms with Gasteiger partial charge in [-0.2, -0.15) is 11.8 Å². The van der Waals surface area contributed by atoms with E-state index >= 15 is 0 Å². The lowest BCUT2D eigenvalue weighted by atomic mass is 9.89. The van der Waals surface area contributed by atoms with E-state index in [1.54, 1.807) is 0 Å². The number of nitrogens with zero attached hydrogens (tertiary/aromatic N) is 2. The minimum Gasteiger partial charge on any atom is -0.369 e. The Hall–Kier alpha value is -0.710. The average molecular weight is 305 g/mol. The topological polar surface area (TPSA) is 32.5 Å². The molecule has 2 heterocycles. The van der Waals surface area contributed by atoms with Gasteiger partial charge in [-0.1, -0.05) is 19.1 Å². The van der Waals surface area contributed by atoms with Crippen molar-refractivity contribution < 1.29 is 0 Å². The van der Waals surface area contributed by atoms with Crippen LogP contribution in [0.3, 0.4) is 0 Å². The summed E-state index contributed by atoms with van der Waals surface area (Å²) in [6.07, 6.45) is 1.25. The number of anilines is 1. The summed E-state index contributed by atoms with van der Waals surface area (Å²) in [6, 6.07) is 8.85. The molecular weight excluding hydrogens is 278 g/mol. The molecule has 2 saturated heterocycles. The van der Waals surface area contributed by atoms with E-state index in [4.69, 9.17) is 5.73 Å². The molecule has 0 spiro atoms. The fourth-order valence-corrected chi connectivity index (χ4v) is 5.32. The molecule has 2 fully saturated rings.